The van der Waals surface area contributed by atoms with E-state index in [0.29, 0.717) is 0 Å². The first-order valence-electron chi connectivity index (χ1n) is 6.10. The normalized spacial score (nSPS) is 12.6. The third-order valence-corrected chi connectivity index (χ3v) is 2.81. The highest BCUT2D eigenvalue weighted by molar-refractivity contribution is 6.02. The summed E-state index contributed by atoms with van der Waals surface area (Å²) in [5.74, 6) is 0. The molecule has 0 aromatic heterocycles. The van der Waals surface area contributed by atoms with E-state index in [4.69, 9.17) is 0 Å². The zero-order chi connectivity index (χ0) is 12.8. The van der Waals surface area contributed by atoms with E-state index >= 15 is 0 Å². The third kappa shape index (κ3) is 3.42. The van der Waals surface area contributed by atoms with Crippen molar-refractivity contribution >= 4 is 17.5 Å². The van der Waals surface area contributed by atoms with Crippen molar-refractivity contribution in [2.24, 2.45) is 4.99 Å². The highest BCUT2D eigenvalue weighted by Crippen LogP contribution is 2.14. The zero-order valence-corrected chi connectivity index (χ0v) is 10.8. The van der Waals surface area contributed by atoms with Crippen molar-refractivity contribution in [3.63, 3.8) is 0 Å². The summed E-state index contributed by atoms with van der Waals surface area (Å²) in [5, 5.41) is 0. The number of allylic oxidation sites excluding steroid dienone is 1. The number of para-hydroxylation sites is 1. The Morgan fingerprint density at radius 1 is 0.833 bits per heavy atom. The van der Waals surface area contributed by atoms with Gasteiger partial charge in [-0.1, -0.05) is 54.6 Å². The molecular weight excluding hydrogens is 218 g/mol. The molecule has 0 saturated heterocycles. The van der Waals surface area contributed by atoms with Gasteiger partial charge < -0.3 is 0 Å². The van der Waals surface area contributed by atoms with Gasteiger partial charge in [0, 0.05) is 5.71 Å². The summed E-state index contributed by atoms with van der Waals surface area (Å²) < 4.78 is 0. The second-order valence-corrected chi connectivity index (χ2v) is 4.27. The summed E-state index contributed by atoms with van der Waals surface area (Å²) in [6, 6.07) is 20.3. The molecule has 0 aliphatic heterocycles. The van der Waals surface area contributed by atoms with Crippen LogP contribution < -0.4 is 0 Å². The summed E-state index contributed by atoms with van der Waals surface area (Å²) >= 11 is 0. The molecule has 1 heteroatoms. The first-order valence-corrected chi connectivity index (χ1v) is 6.10. The molecule has 1 nitrogen and oxygen atoms in total. The molecule has 2 aromatic rings. The Balaban J connectivity index is 2.21. The Morgan fingerprint density at radius 2 is 1.39 bits per heavy atom. The molecule has 0 spiro atoms. The van der Waals surface area contributed by atoms with Crippen LogP contribution in [0.4, 0.5) is 5.69 Å². The maximum absolute atomic E-state index is 4.60. The zero-order valence-electron chi connectivity index (χ0n) is 10.8. The Morgan fingerprint density at radius 3 is 2.00 bits per heavy atom. The minimum Gasteiger partial charge on any atom is -0.253 e. The average Bonchev–Trinajstić information content (AvgIpc) is 2.41. The largest absolute Gasteiger partial charge is 0.253 e. The molecule has 0 bridgehead atoms. The van der Waals surface area contributed by atoms with Crippen molar-refractivity contribution in [2.75, 3.05) is 0 Å². The number of aliphatic imine (C=N–C) groups is 1. The molecule has 0 N–H and O–H groups in total. The second-order valence-electron chi connectivity index (χ2n) is 4.27. The second kappa shape index (κ2) is 5.97. The molecule has 0 aliphatic carbocycles. The van der Waals surface area contributed by atoms with Crippen molar-refractivity contribution in [3.05, 3.63) is 71.8 Å². The van der Waals surface area contributed by atoms with E-state index in [9.17, 15) is 0 Å². The summed E-state index contributed by atoms with van der Waals surface area (Å²) in [5.41, 5.74) is 4.43. The summed E-state index contributed by atoms with van der Waals surface area (Å²) in [6.45, 7) is 4.14. The Kier molecular flexibility index (Phi) is 4.08. The van der Waals surface area contributed by atoms with E-state index in [-0.39, 0.29) is 0 Å². The van der Waals surface area contributed by atoms with E-state index in [1.54, 1.807) is 0 Å². The van der Waals surface area contributed by atoms with Crippen LogP contribution in [0.3, 0.4) is 0 Å². The van der Waals surface area contributed by atoms with Crippen LogP contribution in [0.5, 0.6) is 0 Å². The molecule has 0 unspecified atom stereocenters. The SMILES string of the molecule is CC(=Nc1ccccc1)/C(C)=C/c1ccccc1. The predicted octanol–water partition coefficient (Wildman–Crippen LogP) is 4.88. The minimum absolute atomic E-state index is 0.996. The van der Waals surface area contributed by atoms with E-state index in [1.165, 1.54) is 11.1 Å². The van der Waals surface area contributed by atoms with Gasteiger partial charge in [-0.05, 0) is 37.1 Å². The van der Waals surface area contributed by atoms with Crippen LogP contribution in [0.2, 0.25) is 0 Å². The van der Waals surface area contributed by atoms with Crippen LogP contribution in [0.25, 0.3) is 6.08 Å². The Hall–Kier alpha value is -2.15. The van der Waals surface area contributed by atoms with E-state index in [2.05, 4.69) is 30.1 Å². The molecule has 0 heterocycles. The highest BCUT2D eigenvalue weighted by atomic mass is 14.7. The Labute approximate surface area is 109 Å². The van der Waals surface area contributed by atoms with E-state index in [0.717, 1.165) is 11.4 Å². The van der Waals surface area contributed by atoms with Gasteiger partial charge in [-0.15, -0.1) is 0 Å². The molecule has 0 atom stereocenters. The van der Waals surface area contributed by atoms with Gasteiger partial charge in [0.2, 0.25) is 0 Å². The van der Waals surface area contributed by atoms with Crippen molar-refractivity contribution in [3.8, 4) is 0 Å². The lowest BCUT2D eigenvalue weighted by Gasteiger charge is -2.02. The van der Waals surface area contributed by atoms with Gasteiger partial charge in [0.15, 0.2) is 0 Å². The minimum atomic E-state index is 0.996. The molecule has 90 valence electrons. The fraction of sp³-hybridized carbons (Fsp3) is 0.118. The monoisotopic (exact) mass is 235 g/mol. The number of hydrogen-bond acceptors (Lipinski definition) is 1. The van der Waals surface area contributed by atoms with E-state index in [1.807, 2.05) is 55.5 Å². The lowest BCUT2D eigenvalue weighted by molar-refractivity contribution is 1.46. The van der Waals surface area contributed by atoms with Crippen LogP contribution in [-0.2, 0) is 0 Å². The van der Waals surface area contributed by atoms with Crippen LogP contribution in [-0.4, -0.2) is 5.71 Å². The summed E-state index contributed by atoms with van der Waals surface area (Å²) in [6.07, 6.45) is 2.15. The van der Waals surface area contributed by atoms with Crippen molar-refractivity contribution in [1.82, 2.24) is 0 Å². The highest BCUT2D eigenvalue weighted by Gasteiger charge is 1.96. The van der Waals surface area contributed by atoms with Crippen molar-refractivity contribution < 1.29 is 0 Å². The lowest BCUT2D eigenvalue weighted by atomic mass is 10.1. The molecule has 2 aromatic carbocycles. The Bertz CT molecular complexity index is 497. The molecule has 18 heavy (non-hydrogen) atoms. The van der Waals surface area contributed by atoms with Gasteiger partial charge in [0.05, 0.1) is 5.69 Å². The van der Waals surface area contributed by atoms with Gasteiger partial charge >= 0.3 is 0 Å². The maximum Gasteiger partial charge on any atom is 0.0632 e. The number of benzene rings is 2. The van der Waals surface area contributed by atoms with Crippen LogP contribution >= 0.6 is 0 Å². The molecule has 0 radical (unpaired) electrons. The van der Waals surface area contributed by atoms with Crippen molar-refractivity contribution in [1.29, 1.82) is 0 Å². The first kappa shape index (κ1) is 12.3. The molecule has 0 amide bonds. The van der Waals surface area contributed by atoms with Crippen LogP contribution in [0, 0.1) is 0 Å². The quantitative estimate of drug-likeness (QED) is 0.672. The lowest BCUT2D eigenvalue weighted by Crippen LogP contribution is -1.92. The van der Waals surface area contributed by atoms with Gasteiger partial charge in [0.1, 0.15) is 0 Å². The number of hydrogen-bond donors (Lipinski definition) is 0. The molecule has 2 rings (SSSR count). The standard InChI is InChI=1S/C17H17N/c1-14(13-16-9-5-3-6-10-16)15(2)18-17-11-7-4-8-12-17/h3-13H,1-2H3/b14-13+,18-15?. The fourth-order valence-corrected chi connectivity index (χ4v) is 1.69. The fourth-order valence-electron chi connectivity index (χ4n) is 1.69. The molecule has 0 aliphatic rings. The topological polar surface area (TPSA) is 12.4 Å². The van der Waals surface area contributed by atoms with E-state index < -0.39 is 0 Å². The van der Waals surface area contributed by atoms with Gasteiger partial charge in [-0.2, -0.15) is 0 Å². The van der Waals surface area contributed by atoms with Gasteiger partial charge in [0.25, 0.3) is 0 Å². The summed E-state index contributed by atoms with van der Waals surface area (Å²) in [4.78, 5) is 4.60. The van der Waals surface area contributed by atoms with Gasteiger partial charge in [-0.3, -0.25) is 4.99 Å². The number of rotatable bonds is 3. The average molecular weight is 235 g/mol. The summed E-state index contributed by atoms with van der Waals surface area (Å²) in [7, 11) is 0. The van der Waals surface area contributed by atoms with Crippen LogP contribution in [0.15, 0.2) is 71.2 Å². The first-order chi connectivity index (χ1) is 8.75. The van der Waals surface area contributed by atoms with Gasteiger partial charge in [-0.25, -0.2) is 0 Å². The van der Waals surface area contributed by atoms with Crippen LogP contribution in [0.1, 0.15) is 19.4 Å². The molecule has 0 saturated carbocycles. The smallest absolute Gasteiger partial charge is 0.0632 e. The van der Waals surface area contributed by atoms with Crippen molar-refractivity contribution in [2.45, 2.75) is 13.8 Å². The number of nitrogens with zero attached hydrogens (tertiary/aromatic N) is 1. The maximum atomic E-state index is 4.60. The molecular formula is C17H17N. The molecule has 0 fully saturated rings. The third-order valence-electron chi connectivity index (χ3n) is 2.81. The predicted molar refractivity (Wildman–Crippen MR) is 79.3 cm³/mol.